The summed E-state index contributed by atoms with van der Waals surface area (Å²) < 4.78 is 5.38. The molecule has 0 radical (unpaired) electrons. The number of hydrogen-bond acceptors (Lipinski definition) is 3. The van der Waals surface area contributed by atoms with Crippen LogP contribution >= 0.6 is 12.4 Å². The van der Waals surface area contributed by atoms with E-state index in [0.29, 0.717) is 11.3 Å². The molecule has 0 aromatic carbocycles. The highest BCUT2D eigenvalue weighted by Gasteiger charge is 2.29. The van der Waals surface area contributed by atoms with Crippen LogP contribution in [0.4, 0.5) is 0 Å². The number of nitrogens with one attached hydrogen (secondary N) is 2. The van der Waals surface area contributed by atoms with Crippen molar-refractivity contribution in [3.63, 3.8) is 0 Å². The van der Waals surface area contributed by atoms with Crippen LogP contribution in [0.3, 0.4) is 0 Å². The molecular weight excluding hydrogens is 252 g/mol. The summed E-state index contributed by atoms with van der Waals surface area (Å²) in [7, 11) is 0. The van der Waals surface area contributed by atoms with E-state index >= 15 is 0 Å². The Hall–Kier alpha value is -1.000. The van der Waals surface area contributed by atoms with Crippen molar-refractivity contribution in [3.05, 3.63) is 23.2 Å². The predicted molar refractivity (Wildman–Crippen MR) is 73.4 cm³/mol. The molecule has 0 aliphatic carbocycles. The van der Waals surface area contributed by atoms with Gasteiger partial charge in [-0.2, -0.15) is 0 Å². The van der Waals surface area contributed by atoms with Crippen molar-refractivity contribution in [1.29, 1.82) is 0 Å². The lowest BCUT2D eigenvalue weighted by Crippen LogP contribution is -2.52. The number of carbonyl (C=O) groups excluding carboxylic acids is 1. The molecule has 0 saturated carbocycles. The lowest BCUT2D eigenvalue weighted by Gasteiger charge is -2.34. The predicted octanol–water partition coefficient (Wildman–Crippen LogP) is 2.19. The molecule has 0 bridgehead atoms. The van der Waals surface area contributed by atoms with Gasteiger partial charge < -0.3 is 15.1 Å². The van der Waals surface area contributed by atoms with E-state index in [4.69, 9.17) is 4.42 Å². The molecule has 1 aromatic heterocycles. The molecule has 4 nitrogen and oxygen atoms in total. The Balaban J connectivity index is 0.00000162. The number of aryl methyl sites for hydroxylation is 2. The molecule has 0 unspecified atom stereocenters. The van der Waals surface area contributed by atoms with Gasteiger partial charge in [0.25, 0.3) is 5.91 Å². The van der Waals surface area contributed by atoms with Gasteiger partial charge in [-0.3, -0.25) is 4.79 Å². The zero-order valence-corrected chi connectivity index (χ0v) is 11.9. The lowest BCUT2D eigenvalue weighted by molar-refractivity contribution is 0.0886. The minimum Gasteiger partial charge on any atom is -0.466 e. The third-order valence-electron chi connectivity index (χ3n) is 3.41. The second-order valence-corrected chi connectivity index (χ2v) is 5.09. The molecule has 5 heteroatoms. The highest BCUT2D eigenvalue weighted by atomic mass is 35.5. The highest BCUT2D eigenvalue weighted by molar-refractivity contribution is 5.95. The zero-order valence-electron chi connectivity index (χ0n) is 11.1. The van der Waals surface area contributed by atoms with E-state index in [1.165, 1.54) is 0 Å². The first kappa shape index (κ1) is 15.1. The van der Waals surface area contributed by atoms with Crippen molar-refractivity contribution in [1.82, 2.24) is 10.6 Å². The second-order valence-electron chi connectivity index (χ2n) is 5.09. The fourth-order valence-corrected chi connectivity index (χ4v) is 2.30. The highest BCUT2D eigenvalue weighted by Crippen LogP contribution is 2.20. The lowest BCUT2D eigenvalue weighted by atomic mass is 9.90. The van der Waals surface area contributed by atoms with Gasteiger partial charge in [0.05, 0.1) is 5.56 Å². The molecule has 1 fully saturated rings. The van der Waals surface area contributed by atoms with Crippen molar-refractivity contribution in [2.75, 3.05) is 13.1 Å². The normalized spacial score (nSPS) is 17.9. The minimum absolute atomic E-state index is 0. The van der Waals surface area contributed by atoms with Crippen LogP contribution in [0.15, 0.2) is 10.5 Å². The Morgan fingerprint density at radius 2 is 2.00 bits per heavy atom. The Labute approximate surface area is 114 Å². The maximum absolute atomic E-state index is 12.2. The molecule has 18 heavy (non-hydrogen) atoms. The van der Waals surface area contributed by atoms with E-state index in [9.17, 15) is 4.79 Å². The largest absolute Gasteiger partial charge is 0.466 e. The first-order chi connectivity index (χ1) is 8.00. The van der Waals surface area contributed by atoms with E-state index in [2.05, 4.69) is 17.6 Å². The summed E-state index contributed by atoms with van der Waals surface area (Å²) in [6, 6.07) is 1.80. The quantitative estimate of drug-likeness (QED) is 0.868. The fourth-order valence-electron chi connectivity index (χ4n) is 2.30. The third-order valence-corrected chi connectivity index (χ3v) is 3.41. The average Bonchev–Trinajstić information content (AvgIpc) is 2.58. The van der Waals surface area contributed by atoms with Gasteiger partial charge in [0.15, 0.2) is 0 Å². The van der Waals surface area contributed by atoms with Crippen LogP contribution in [0.5, 0.6) is 0 Å². The van der Waals surface area contributed by atoms with Gasteiger partial charge in [-0.05, 0) is 52.8 Å². The van der Waals surface area contributed by atoms with E-state index in [0.717, 1.165) is 31.7 Å². The third kappa shape index (κ3) is 3.27. The van der Waals surface area contributed by atoms with Crippen molar-refractivity contribution in [2.24, 2.45) is 0 Å². The summed E-state index contributed by atoms with van der Waals surface area (Å²) in [5.74, 6) is 1.45. The Morgan fingerprint density at radius 1 is 1.39 bits per heavy atom. The van der Waals surface area contributed by atoms with Gasteiger partial charge in [0.2, 0.25) is 0 Å². The van der Waals surface area contributed by atoms with Gasteiger partial charge in [0.1, 0.15) is 11.5 Å². The van der Waals surface area contributed by atoms with Gasteiger partial charge in [-0.1, -0.05) is 0 Å². The minimum atomic E-state index is -0.0973. The van der Waals surface area contributed by atoms with Gasteiger partial charge >= 0.3 is 0 Å². The van der Waals surface area contributed by atoms with Crippen LogP contribution in [0.25, 0.3) is 0 Å². The number of piperidine rings is 1. The molecule has 0 atom stereocenters. The molecular formula is C13H21ClN2O2. The van der Waals surface area contributed by atoms with Gasteiger partial charge in [-0.15, -0.1) is 12.4 Å². The molecule has 1 aliphatic rings. The Kier molecular flexibility index (Phi) is 4.82. The van der Waals surface area contributed by atoms with Crippen molar-refractivity contribution in [2.45, 2.75) is 39.2 Å². The number of rotatable bonds is 2. The van der Waals surface area contributed by atoms with Crippen LogP contribution in [0.1, 0.15) is 41.6 Å². The van der Waals surface area contributed by atoms with E-state index in [-0.39, 0.29) is 23.9 Å². The smallest absolute Gasteiger partial charge is 0.255 e. The van der Waals surface area contributed by atoms with Crippen LogP contribution in [-0.2, 0) is 0 Å². The molecule has 1 aliphatic heterocycles. The molecule has 2 N–H and O–H groups in total. The second kappa shape index (κ2) is 5.76. The van der Waals surface area contributed by atoms with E-state index < -0.39 is 0 Å². The molecule has 2 rings (SSSR count). The molecule has 2 heterocycles. The van der Waals surface area contributed by atoms with Crippen LogP contribution in [0, 0.1) is 13.8 Å². The maximum Gasteiger partial charge on any atom is 0.255 e. The van der Waals surface area contributed by atoms with Crippen molar-refractivity contribution < 1.29 is 9.21 Å². The summed E-state index contributed by atoms with van der Waals surface area (Å²) in [4.78, 5) is 12.2. The number of amides is 1. The SMILES string of the molecule is Cc1cc(C(=O)NC2(C)CCNCC2)c(C)o1.Cl. The topological polar surface area (TPSA) is 54.3 Å². The molecule has 1 saturated heterocycles. The number of hydrogen-bond donors (Lipinski definition) is 2. The van der Waals surface area contributed by atoms with Crippen LogP contribution < -0.4 is 10.6 Å². The van der Waals surface area contributed by atoms with Gasteiger partial charge in [0, 0.05) is 5.54 Å². The summed E-state index contributed by atoms with van der Waals surface area (Å²) in [5, 5.41) is 6.43. The first-order valence-electron chi connectivity index (χ1n) is 6.10. The molecule has 1 aromatic rings. The molecule has 1 amide bonds. The molecule has 102 valence electrons. The van der Waals surface area contributed by atoms with Crippen LogP contribution in [-0.4, -0.2) is 24.5 Å². The van der Waals surface area contributed by atoms with Crippen LogP contribution in [0.2, 0.25) is 0 Å². The molecule has 0 spiro atoms. The number of carbonyl (C=O) groups is 1. The monoisotopic (exact) mass is 272 g/mol. The fraction of sp³-hybridized carbons (Fsp3) is 0.615. The zero-order chi connectivity index (χ0) is 12.5. The first-order valence-corrected chi connectivity index (χ1v) is 6.10. The maximum atomic E-state index is 12.2. The summed E-state index contributed by atoms with van der Waals surface area (Å²) in [5.41, 5.74) is 0.558. The number of furan rings is 1. The number of halogens is 1. The van der Waals surface area contributed by atoms with Crippen molar-refractivity contribution >= 4 is 18.3 Å². The summed E-state index contributed by atoms with van der Waals surface area (Å²) in [6.07, 6.45) is 1.93. The summed E-state index contributed by atoms with van der Waals surface area (Å²) >= 11 is 0. The average molecular weight is 273 g/mol. The van der Waals surface area contributed by atoms with Gasteiger partial charge in [-0.25, -0.2) is 0 Å². The Bertz CT molecular complexity index is 423. The standard InChI is InChI=1S/C13H20N2O2.ClH/c1-9-8-11(10(2)17-9)12(16)15-13(3)4-6-14-7-5-13;/h8,14H,4-7H2,1-3H3,(H,15,16);1H. The van der Waals surface area contributed by atoms with Crippen molar-refractivity contribution in [3.8, 4) is 0 Å². The van der Waals surface area contributed by atoms with E-state index in [1.807, 2.05) is 13.8 Å². The Morgan fingerprint density at radius 3 is 2.50 bits per heavy atom. The van der Waals surface area contributed by atoms with E-state index in [1.54, 1.807) is 6.07 Å². The summed E-state index contributed by atoms with van der Waals surface area (Å²) in [6.45, 7) is 7.71.